The number of esters is 1. The second-order valence-corrected chi connectivity index (χ2v) is 8.68. The summed E-state index contributed by atoms with van der Waals surface area (Å²) in [5.74, 6) is 0.629. The van der Waals surface area contributed by atoms with E-state index in [2.05, 4.69) is 26.8 Å². The zero-order chi connectivity index (χ0) is 16.9. The van der Waals surface area contributed by atoms with E-state index in [0.29, 0.717) is 11.8 Å². The summed E-state index contributed by atoms with van der Waals surface area (Å²) in [4.78, 5) is 24.3. The van der Waals surface area contributed by atoms with Crippen LogP contribution >= 0.6 is 0 Å². The van der Waals surface area contributed by atoms with Crippen molar-refractivity contribution in [3.8, 4) is 0 Å². The minimum Gasteiger partial charge on any atom is -0.469 e. The van der Waals surface area contributed by atoms with Crippen molar-refractivity contribution in [2.75, 3.05) is 7.11 Å². The minimum atomic E-state index is -0.386. The summed E-state index contributed by atoms with van der Waals surface area (Å²) in [6.07, 6.45) is 10.7. The number of hydrogen-bond acceptors (Lipinski definition) is 3. The van der Waals surface area contributed by atoms with E-state index in [9.17, 15) is 9.59 Å². The second kappa shape index (κ2) is 5.46. The maximum atomic E-state index is 12.5. The van der Waals surface area contributed by atoms with Gasteiger partial charge in [0.15, 0.2) is 0 Å². The topological polar surface area (TPSA) is 43.4 Å². The Morgan fingerprint density at radius 3 is 2.61 bits per heavy atom. The van der Waals surface area contributed by atoms with Crippen LogP contribution in [0.1, 0.15) is 65.7 Å². The molecule has 0 aromatic rings. The first-order chi connectivity index (χ1) is 10.8. The highest BCUT2D eigenvalue weighted by Gasteiger charge is 2.59. The molecule has 0 saturated heterocycles. The monoisotopic (exact) mass is 318 g/mol. The van der Waals surface area contributed by atoms with Crippen molar-refractivity contribution in [3.63, 3.8) is 0 Å². The van der Waals surface area contributed by atoms with E-state index in [1.807, 2.05) is 0 Å². The van der Waals surface area contributed by atoms with Gasteiger partial charge in [-0.3, -0.25) is 4.79 Å². The third kappa shape index (κ3) is 2.22. The smallest absolute Gasteiger partial charge is 0.311 e. The number of fused-ring (bicyclic) bond motifs is 3. The molecule has 5 atom stereocenters. The predicted octanol–water partition coefficient (Wildman–Crippen LogP) is 4.31. The molecule has 3 nitrogen and oxygen atoms in total. The fourth-order valence-corrected chi connectivity index (χ4v) is 6.14. The molecular weight excluding hydrogens is 288 g/mol. The van der Waals surface area contributed by atoms with Crippen molar-refractivity contribution in [2.45, 2.75) is 65.7 Å². The van der Waals surface area contributed by atoms with E-state index in [-0.39, 0.29) is 22.2 Å². The van der Waals surface area contributed by atoms with Crippen molar-refractivity contribution >= 4 is 12.3 Å². The molecule has 23 heavy (non-hydrogen) atoms. The normalized spacial score (nSPS) is 46.2. The molecule has 0 aromatic heterocycles. The number of methoxy groups -OCH3 is 1. The third-order valence-corrected chi connectivity index (χ3v) is 7.47. The molecule has 0 spiro atoms. The van der Waals surface area contributed by atoms with E-state index in [4.69, 9.17) is 4.74 Å². The maximum absolute atomic E-state index is 12.5. The number of carbonyl (C=O) groups excluding carboxylic acids is 2. The van der Waals surface area contributed by atoms with Crippen LogP contribution in [0.2, 0.25) is 0 Å². The fourth-order valence-electron chi connectivity index (χ4n) is 6.14. The molecule has 1 unspecified atom stereocenters. The van der Waals surface area contributed by atoms with E-state index >= 15 is 0 Å². The van der Waals surface area contributed by atoms with Gasteiger partial charge in [0.2, 0.25) is 0 Å². The Balaban J connectivity index is 2.03. The van der Waals surface area contributed by atoms with Crippen LogP contribution in [0.3, 0.4) is 0 Å². The SMILES string of the molecule is COC(=O)[C@]1(C)CCC[C@@]2(C)C3=CCC[C@@](C)(C=O)[C@H]3CCC12. The van der Waals surface area contributed by atoms with Gasteiger partial charge in [0, 0.05) is 5.41 Å². The number of ether oxygens (including phenoxy) is 1. The first-order valence-electron chi connectivity index (χ1n) is 9.07. The zero-order valence-corrected chi connectivity index (χ0v) is 15.0. The van der Waals surface area contributed by atoms with Crippen molar-refractivity contribution in [3.05, 3.63) is 11.6 Å². The lowest BCUT2D eigenvalue weighted by molar-refractivity contribution is -0.165. The average molecular weight is 318 g/mol. The van der Waals surface area contributed by atoms with Gasteiger partial charge in [-0.05, 0) is 62.7 Å². The van der Waals surface area contributed by atoms with Crippen LogP contribution in [-0.4, -0.2) is 19.4 Å². The zero-order valence-electron chi connectivity index (χ0n) is 15.0. The molecule has 2 fully saturated rings. The molecule has 0 heterocycles. The number of allylic oxidation sites excluding steroid dienone is 2. The quantitative estimate of drug-likeness (QED) is 0.433. The van der Waals surface area contributed by atoms with Gasteiger partial charge in [0.1, 0.15) is 6.29 Å². The minimum absolute atomic E-state index is 0.0365. The molecule has 3 aliphatic carbocycles. The Morgan fingerprint density at radius 1 is 1.22 bits per heavy atom. The number of aldehydes is 1. The summed E-state index contributed by atoms with van der Waals surface area (Å²) in [6.45, 7) is 6.57. The van der Waals surface area contributed by atoms with Gasteiger partial charge in [-0.1, -0.05) is 31.9 Å². The summed E-state index contributed by atoms with van der Waals surface area (Å²) in [7, 11) is 1.51. The molecular formula is C20H30O3. The molecule has 0 aliphatic heterocycles. The highest BCUT2D eigenvalue weighted by atomic mass is 16.5. The van der Waals surface area contributed by atoms with Crippen LogP contribution in [0.15, 0.2) is 11.6 Å². The highest BCUT2D eigenvalue weighted by Crippen LogP contribution is 2.64. The van der Waals surface area contributed by atoms with Crippen LogP contribution in [-0.2, 0) is 14.3 Å². The Kier molecular flexibility index (Phi) is 3.97. The lowest BCUT2D eigenvalue weighted by Crippen LogP contribution is -2.54. The molecule has 0 radical (unpaired) electrons. The van der Waals surface area contributed by atoms with E-state index < -0.39 is 0 Å². The molecule has 2 saturated carbocycles. The molecule has 0 aromatic carbocycles. The summed E-state index contributed by atoms with van der Waals surface area (Å²) < 4.78 is 5.17. The number of carbonyl (C=O) groups is 2. The largest absolute Gasteiger partial charge is 0.469 e. The first kappa shape index (κ1) is 16.7. The van der Waals surface area contributed by atoms with Crippen molar-refractivity contribution in [2.24, 2.45) is 28.1 Å². The summed E-state index contributed by atoms with van der Waals surface area (Å²) in [6, 6.07) is 0. The van der Waals surface area contributed by atoms with Gasteiger partial charge in [-0.25, -0.2) is 0 Å². The molecule has 0 bridgehead atoms. The Morgan fingerprint density at radius 2 is 1.96 bits per heavy atom. The molecule has 3 heteroatoms. The van der Waals surface area contributed by atoms with Crippen LogP contribution in [0.5, 0.6) is 0 Å². The van der Waals surface area contributed by atoms with Crippen molar-refractivity contribution < 1.29 is 14.3 Å². The highest BCUT2D eigenvalue weighted by molar-refractivity contribution is 5.77. The molecule has 0 amide bonds. The van der Waals surface area contributed by atoms with Gasteiger partial charge in [-0.2, -0.15) is 0 Å². The van der Waals surface area contributed by atoms with Crippen molar-refractivity contribution in [1.29, 1.82) is 0 Å². The summed E-state index contributed by atoms with van der Waals surface area (Å²) in [5.41, 5.74) is 0.888. The third-order valence-electron chi connectivity index (χ3n) is 7.47. The van der Waals surface area contributed by atoms with Crippen molar-refractivity contribution in [1.82, 2.24) is 0 Å². The lowest BCUT2D eigenvalue weighted by atomic mass is 9.44. The van der Waals surface area contributed by atoms with Crippen LogP contribution in [0.4, 0.5) is 0 Å². The van der Waals surface area contributed by atoms with Gasteiger partial charge >= 0.3 is 5.97 Å². The Bertz CT molecular complexity index is 551. The van der Waals surface area contributed by atoms with E-state index in [1.54, 1.807) is 0 Å². The predicted molar refractivity (Wildman–Crippen MR) is 89.8 cm³/mol. The molecule has 0 N–H and O–H groups in total. The first-order valence-corrected chi connectivity index (χ1v) is 9.07. The molecule has 3 rings (SSSR count). The summed E-state index contributed by atoms with van der Waals surface area (Å²) >= 11 is 0. The van der Waals surface area contributed by atoms with E-state index in [0.717, 1.165) is 44.9 Å². The second-order valence-electron chi connectivity index (χ2n) is 8.68. The van der Waals surface area contributed by atoms with Gasteiger partial charge in [-0.15, -0.1) is 0 Å². The summed E-state index contributed by atoms with van der Waals surface area (Å²) in [5, 5.41) is 0. The van der Waals surface area contributed by atoms with Gasteiger partial charge in [0.25, 0.3) is 0 Å². The number of rotatable bonds is 2. The molecule has 3 aliphatic rings. The maximum Gasteiger partial charge on any atom is 0.311 e. The van der Waals surface area contributed by atoms with Crippen LogP contribution in [0, 0.1) is 28.1 Å². The van der Waals surface area contributed by atoms with Crippen LogP contribution < -0.4 is 0 Å². The standard InChI is InChI=1S/C20H30O3/c1-18(13-21)10-5-7-15-14(18)8-9-16-19(15,2)11-6-12-20(16,3)17(22)23-4/h7,13-14,16H,5-6,8-12H2,1-4H3/t14-,16?,18-,19-,20+/m0/s1. The Hall–Kier alpha value is -1.12. The lowest BCUT2D eigenvalue weighted by Gasteiger charge is -2.59. The average Bonchev–Trinajstić information content (AvgIpc) is 2.54. The molecule has 128 valence electrons. The van der Waals surface area contributed by atoms with E-state index in [1.165, 1.54) is 19.0 Å². The fraction of sp³-hybridized carbons (Fsp3) is 0.800. The van der Waals surface area contributed by atoms with Crippen LogP contribution in [0.25, 0.3) is 0 Å². The van der Waals surface area contributed by atoms with Gasteiger partial charge in [0.05, 0.1) is 12.5 Å². The van der Waals surface area contributed by atoms with Gasteiger partial charge < -0.3 is 9.53 Å². The number of hydrogen-bond donors (Lipinski definition) is 0. The Labute approximate surface area is 139 Å².